The number of ether oxygens (including phenoxy) is 2. The Morgan fingerprint density at radius 1 is 0.971 bits per heavy atom. The van der Waals surface area contributed by atoms with Gasteiger partial charge in [0.25, 0.3) is 0 Å². The second-order valence-corrected chi connectivity index (χ2v) is 7.90. The molecule has 35 heavy (non-hydrogen) atoms. The molecule has 1 atom stereocenters. The van der Waals surface area contributed by atoms with Crippen molar-refractivity contribution in [3.8, 4) is 39.4 Å². The molecule has 1 unspecified atom stereocenters. The Balaban J connectivity index is 1.92. The van der Waals surface area contributed by atoms with Gasteiger partial charge in [-0.3, -0.25) is 0 Å². The van der Waals surface area contributed by atoms with Gasteiger partial charge in [-0.05, 0) is 59.4 Å². The Kier molecular flexibility index (Phi) is 7.28. The van der Waals surface area contributed by atoms with Crippen molar-refractivity contribution in [1.82, 2.24) is 15.0 Å². The molecule has 1 N–H and O–H groups in total. The maximum absolute atomic E-state index is 11.5. The molecule has 176 valence electrons. The number of nitrogens with zero attached hydrogens (tertiary/aromatic N) is 3. The van der Waals surface area contributed by atoms with E-state index >= 15 is 0 Å². The van der Waals surface area contributed by atoms with Crippen molar-refractivity contribution in [3.63, 3.8) is 0 Å². The van der Waals surface area contributed by atoms with E-state index < -0.39 is 12.3 Å². The molecule has 0 amide bonds. The van der Waals surface area contributed by atoms with Gasteiger partial charge in [0.05, 0.1) is 5.56 Å². The summed E-state index contributed by atoms with van der Waals surface area (Å²) >= 11 is 0. The quantitative estimate of drug-likeness (QED) is 0.223. The summed E-state index contributed by atoms with van der Waals surface area (Å²) in [6, 6.07) is 20.0. The molecule has 0 aliphatic rings. The fraction of sp³-hybridized carbons (Fsp3) is 0.143. The van der Waals surface area contributed by atoms with Crippen LogP contribution in [0.1, 0.15) is 11.1 Å². The fourth-order valence-electron chi connectivity index (χ4n) is 3.85. The molecule has 1 aromatic heterocycles. The lowest BCUT2D eigenvalue weighted by Crippen LogP contribution is -2.23. The largest absolute Gasteiger partial charge is 0.486 e. The Labute approximate surface area is 203 Å². The molecule has 0 bridgehead atoms. The van der Waals surface area contributed by atoms with Crippen molar-refractivity contribution >= 4 is 5.97 Å². The number of aliphatic hydroxyl groups is 1. The predicted molar refractivity (Wildman–Crippen MR) is 133 cm³/mol. The normalized spacial score (nSPS) is 11.5. The van der Waals surface area contributed by atoms with Crippen LogP contribution in [0.25, 0.3) is 33.6 Å². The summed E-state index contributed by atoms with van der Waals surface area (Å²) in [7, 11) is 0. The highest BCUT2D eigenvalue weighted by Crippen LogP contribution is 2.42. The molecule has 0 aliphatic heterocycles. The van der Waals surface area contributed by atoms with Gasteiger partial charge in [0.1, 0.15) is 18.4 Å². The van der Waals surface area contributed by atoms with Crippen LogP contribution in [-0.2, 0) is 9.53 Å². The Morgan fingerprint density at radius 3 is 2.23 bits per heavy atom. The van der Waals surface area contributed by atoms with Crippen LogP contribution in [-0.4, -0.2) is 38.9 Å². The molecular weight excluding hydrogens is 442 g/mol. The number of hydrogen-bond acceptors (Lipinski definition) is 7. The van der Waals surface area contributed by atoms with Gasteiger partial charge in [0.2, 0.25) is 6.29 Å². The van der Waals surface area contributed by atoms with Gasteiger partial charge >= 0.3 is 5.97 Å². The van der Waals surface area contributed by atoms with Crippen molar-refractivity contribution in [2.45, 2.75) is 20.1 Å². The first kappa shape index (κ1) is 23.8. The molecule has 0 spiro atoms. The lowest BCUT2D eigenvalue weighted by molar-refractivity contribution is -0.166. The number of aliphatic hydroxyl groups excluding tert-OH is 1. The molecule has 0 saturated heterocycles. The molecule has 0 aliphatic carbocycles. The van der Waals surface area contributed by atoms with Crippen LogP contribution in [0, 0.1) is 13.8 Å². The minimum Gasteiger partial charge on any atom is -0.486 e. The van der Waals surface area contributed by atoms with Gasteiger partial charge < -0.3 is 14.6 Å². The van der Waals surface area contributed by atoms with Gasteiger partial charge in [-0.25, -0.2) is 19.7 Å². The number of carbonyl (C=O) groups is 1. The topological polar surface area (TPSA) is 94.4 Å². The van der Waals surface area contributed by atoms with Crippen LogP contribution >= 0.6 is 0 Å². The Morgan fingerprint density at radius 2 is 1.60 bits per heavy atom. The molecular formula is C28H25N3O4. The summed E-state index contributed by atoms with van der Waals surface area (Å²) < 4.78 is 10.9. The van der Waals surface area contributed by atoms with Crippen molar-refractivity contribution in [2.75, 3.05) is 6.61 Å². The third kappa shape index (κ3) is 5.42. The van der Waals surface area contributed by atoms with Gasteiger partial charge in [-0.1, -0.05) is 55.1 Å². The highest BCUT2D eigenvalue weighted by atomic mass is 16.7. The molecule has 4 rings (SSSR count). The van der Waals surface area contributed by atoms with E-state index in [2.05, 4.69) is 27.6 Å². The number of rotatable bonds is 8. The number of carbonyl (C=O) groups excluding carboxylic acids is 1. The monoisotopic (exact) mass is 467 g/mol. The average Bonchev–Trinajstić information content (AvgIpc) is 2.88. The van der Waals surface area contributed by atoms with E-state index in [1.165, 1.54) is 12.7 Å². The summed E-state index contributed by atoms with van der Waals surface area (Å²) in [5, 5.41) is 10.2. The minimum absolute atomic E-state index is 0.290. The SMILES string of the molecule is C=CC(=O)OC(O)COc1cc(-c2ccccc2C)cc(-c2ccccc2C)c1-c1ncncn1. The fourth-order valence-corrected chi connectivity index (χ4v) is 3.85. The molecule has 4 aromatic rings. The van der Waals surface area contributed by atoms with Crippen LogP contribution in [0.15, 0.2) is 86.0 Å². The molecule has 7 heteroatoms. The zero-order chi connectivity index (χ0) is 24.8. The molecule has 1 heterocycles. The van der Waals surface area contributed by atoms with E-state index in [0.29, 0.717) is 17.1 Å². The van der Waals surface area contributed by atoms with Crippen molar-refractivity contribution in [2.24, 2.45) is 0 Å². The maximum Gasteiger partial charge on any atom is 0.332 e. The number of esters is 1. The highest BCUT2D eigenvalue weighted by Gasteiger charge is 2.21. The molecule has 0 fully saturated rings. The molecule has 0 radical (unpaired) electrons. The standard InChI is InChI=1S/C28H25N3O4/c1-4-25(32)35-26(33)15-34-24-14-20(21-11-7-5-9-18(21)2)13-23(22-12-8-6-10-19(22)3)27(24)28-30-16-29-17-31-28/h4-14,16-17,26,33H,1,15H2,2-3H3. The zero-order valence-electron chi connectivity index (χ0n) is 19.5. The number of aromatic nitrogens is 3. The summed E-state index contributed by atoms with van der Waals surface area (Å²) in [6.45, 7) is 7.13. The third-order valence-corrected chi connectivity index (χ3v) is 5.51. The third-order valence-electron chi connectivity index (χ3n) is 5.51. The Bertz CT molecular complexity index is 1360. The van der Waals surface area contributed by atoms with Gasteiger partial charge in [0, 0.05) is 6.08 Å². The van der Waals surface area contributed by atoms with E-state index in [1.54, 1.807) is 0 Å². The first-order valence-corrected chi connectivity index (χ1v) is 11.0. The molecule has 7 nitrogen and oxygen atoms in total. The first-order chi connectivity index (χ1) is 17.0. The van der Waals surface area contributed by atoms with Crippen LogP contribution in [0.3, 0.4) is 0 Å². The summed E-state index contributed by atoms with van der Waals surface area (Å²) in [5.74, 6) is 0.110. The van der Waals surface area contributed by atoms with Gasteiger partial charge in [-0.2, -0.15) is 0 Å². The minimum atomic E-state index is -1.48. The zero-order valence-corrected chi connectivity index (χ0v) is 19.5. The number of benzene rings is 3. The lowest BCUT2D eigenvalue weighted by atomic mass is 9.90. The van der Waals surface area contributed by atoms with Crippen LogP contribution in [0.2, 0.25) is 0 Å². The lowest BCUT2D eigenvalue weighted by Gasteiger charge is -2.20. The van der Waals surface area contributed by atoms with E-state index in [-0.39, 0.29) is 6.61 Å². The Hall–Kier alpha value is -4.36. The second kappa shape index (κ2) is 10.7. The predicted octanol–water partition coefficient (Wildman–Crippen LogP) is 4.92. The molecule has 0 saturated carbocycles. The summed E-state index contributed by atoms with van der Waals surface area (Å²) in [6.07, 6.45) is 2.35. The van der Waals surface area contributed by atoms with Crippen molar-refractivity contribution in [3.05, 3.63) is 97.1 Å². The highest BCUT2D eigenvalue weighted by molar-refractivity contribution is 5.90. The summed E-state index contributed by atoms with van der Waals surface area (Å²) in [5.41, 5.74) is 6.61. The van der Waals surface area contributed by atoms with Crippen molar-refractivity contribution < 1.29 is 19.4 Å². The van der Waals surface area contributed by atoms with Crippen LogP contribution in [0.5, 0.6) is 5.75 Å². The number of hydrogen-bond donors (Lipinski definition) is 1. The van der Waals surface area contributed by atoms with E-state index in [9.17, 15) is 9.90 Å². The average molecular weight is 468 g/mol. The first-order valence-electron chi connectivity index (χ1n) is 11.0. The van der Waals surface area contributed by atoms with Crippen LogP contribution in [0.4, 0.5) is 0 Å². The summed E-state index contributed by atoms with van der Waals surface area (Å²) in [4.78, 5) is 24.2. The second-order valence-electron chi connectivity index (χ2n) is 7.90. The van der Waals surface area contributed by atoms with Gasteiger partial charge in [-0.15, -0.1) is 0 Å². The maximum atomic E-state index is 11.5. The van der Waals surface area contributed by atoms with Crippen LogP contribution < -0.4 is 4.74 Å². The van der Waals surface area contributed by atoms with Crippen molar-refractivity contribution in [1.29, 1.82) is 0 Å². The van der Waals surface area contributed by atoms with Gasteiger partial charge in [0.15, 0.2) is 12.4 Å². The van der Waals surface area contributed by atoms with E-state index in [1.807, 2.05) is 68.4 Å². The number of aryl methyl sites for hydroxylation is 2. The molecule has 3 aromatic carbocycles. The van der Waals surface area contributed by atoms with E-state index in [0.717, 1.165) is 39.5 Å². The smallest absolute Gasteiger partial charge is 0.332 e. The van der Waals surface area contributed by atoms with E-state index in [4.69, 9.17) is 9.47 Å².